The van der Waals surface area contributed by atoms with Crippen LogP contribution in [0, 0.1) is 5.92 Å². The van der Waals surface area contributed by atoms with Gasteiger partial charge in [-0.15, -0.1) is 0 Å². The minimum Gasteiger partial charge on any atom is -0.295 e. The highest BCUT2D eigenvalue weighted by Crippen LogP contribution is 2.43. The van der Waals surface area contributed by atoms with Crippen LogP contribution in [0.25, 0.3) is 0 Å². The molecule has 6 heteroatoms. The van der Waals surface area contributed by atoms with E-state index in [9.17, 15) is 8.42 Å². The van der Waals surface area contributed by atoms with Crippen LogP contribution in [0.5, 0.6) is 0 Å². The van der Waals surface area contributed by atoms with Crippen molar-refractivity contribution in [3.05, 3.63) is 29.8 Å². The molecule has 1 aliphatic carbocycles. The topological polar surface area (TPSA) is 66.8 Å². The van der Waals surface area contributed by atoms with Crippen LogP contribution in [0.3, 0.4) is 0 Å². The average Bonchev–Trinajstić information content (AvgIpc) is 2.58. The highest BCUT2D eigenvalue weighted by atomic mass is 32.2. The molecule has 1 saturated carbocycles. The Morgan fingerprint density at radius 1 is 1.00 bits per heavy atom. The van der Waals surface area contributed by atoms with Gasteiger partial charge in [-0.05, 0) is 83.4 Å². The van der Waals surface area contributed by atoms with Crippen molar-refractivity contribution >= 4 is 10.1 Å². The summed E-state index contributed by atoms with van der Waals surface area (Å²) in [6.45, 7) is 9.08. The van der Waals surface area contributed by atoms with Crippen LogP contribution in [0.4, 0.5) is 0 Å². The summed E-state index contributed by atoms with van der Waals surface area (Å²) in [4.78, 5) is 6.50. The molecular formula is C22H35NO4S. The monoisotopic (exact) mass is 409 g/mol. The van der Waals surface area contributed by atoms with Gasteiger partial charge in [0.1, 0.15) is 0 Å². The quantitative estimate of drug-likeness (QED) is 0.693. The highest BCUT2D eigenvalue weighted by Gasteiger charge is 2.47. The molecule has 1 aromatic rings. The molecule has 0 radical (unpaired) electrons. The molecule has 1 aromatic carbocycles. The second-order valence-corrected chi connectivity index (χ2v) is 11.3. The van der Waals surface area contributed by atoms with Crippen LogP contribution in [-0.2, 0) is 21.4 Å². The summed E-state index contributed by atoms with van der Waals surface area (Å²) in [6.07, 6.45) is 9.48. The predicted molar refractivity (Wildman–Crippen MR) is 111 cm³/mol. The Morgan fingerprint density at radius 3 is 2.04 bits per heavy atom. The van der Waals surface area contributed by atoms with E-state index in [-0.39, 0.29) is 16.0 Å². The van der Waals surface area contributed by atoms with Crippen molar-refractivity contribution in [1.82, 2.24) is 5.06 Å². The molecule has 0 unspecified atom stereocenters. The van der Waals surface area contributed by atoms with E-state index >= 15 is 0 Å². The molecule has 0 aromatic heterocycles. The fourth-order valence-electron chi connectivity index (χ4n) is 5.35. The fourth-order valence-corrected chi connectivity index (χ4v) is 5.83. The maximum absolute atomic E-state index is 11.2. The molecule has 28 heavy (non-hydrogen) atoms. The second-order valence-electron chi connectivity index (χ2n) is 9.88. The van der Waals surface area contributed by atoms with Gasteiger partial charge in [0.15, 0.2) is 0 Å². The summed E-state index contributed by atoms with van der Waals surface area (Å²) in [6, 6.07) is 6.60. The minimum absolute atomic E-state index is 0.0485. The lowest BCUT2D eigenvalue weighted by atomic mass is 9.73. The smallest absolute Gasteiger partial charge is 0.294 e. The summed E-state index contributed by atoms with van der Waals surface area (Å²) in [7, 11) is -4.13. The van der Waals surface area contributed by atoms with Gasteiger partial charge in [-0.3, -0.25) is 9.39 Å². The van der Waals surface area contributed by atoms with Gasteiger partial charge in [0.25, 0.3) is 10.1 Å². The molecule has 158 valence electrons. The number of benzene rings is 1. The van der Waals surface area contributed by atoms with E-state index in [4.69, 9.17) is 9.39 Å². The first kappa shape index (κ1) is 21.8. The Kier molecular flexibility index (Phi) is 6.26. The van der Waals surface area contributed by atoms with Crippen LogP contribution in [0.1, 0.15) is 78.2 Å². The van der Waals surface area contributed by atoms with Gasteiger partial charge in [-0.2, -0.15) is 13.5 Å². The molecule has 1 aliphatic heterocycles. The zero-order valence-electron chi connectivity index (χ0n) is 17.6. The van der Waals surface area contributed by atoms with E-state index in [1.165, 1.54) is 31.4 Å². The van der Waals surface area contributed by atoms with Crippen molar-refractivity contribution in [2.45, 2.75) is 101 Å². The second kappa shape index (κ2) is 8.05. The van der Waals surface area contributed by atoms with Crippen molar-refractivity contribution in [3.8, 4) is 0 Å². The van der Waals surface area contributed by atoms with Crippen LogP contribution < -0.4 is 0 Å². The third kappa shape index (κ3) is 5.15. The zero-order valence-corrected chi connectivity index (χ0v) is 18.5. The molecule has 3 rings (SSSR count). The Bertz CT molecular complexity index is 746. The average molecular weight is 410 g/mol. The SMILES string of the molecule is CC1(C)CC(Cc2ccc(S(=O)(=O)O)cc2)CC(C)(C)N1OC1CCCCC1. The van der Waals surface area contributed by atoms with Crippen LogP contribution in [0.2, 0.25) is 0 Å². The van der Waals surface area contributed by atoms with E-state index in [0.717, 1.165) is 37.7 Å². The van der Waals surface area contributed by atoms with E-state index in [2.05, 4.69) is 32.8 Å². The van der Waals surface area contributed by atoms with Gasteiger partial charge in [0, 0.05) is 11.1 Å². The molecule has 1 heterocycles. The van der Waals surface area contributed by atoms with Gasteiger partial charge in [-0.25, -0.2) is 0 Å². The Balaban J connectivity index is 1.69. The summed E-state index contributed by atoms with van der Waals surface area (Å²) in [5.41, 5.74) is 0.988. The molecule has 0 atom stereocenters. The standard InChI is InChI=1S/C22H35NO4S/c1-21(2)15-18(14-17-10-12-20(13-11-17)28(24,25)26)16-22(3,4)23(21)27-19-8-6-5-7-9-19/h10-13,18-19H,5-9,14-16H2,1-4H3,(H,24,25,26). The lowest BCUT2D eigenvalue weighted by molar-refractivity contribution is -0.314. The maximum Gasteiger partial charge on any atom is 0.294 e. The Hall–Kier alpha value is -0.950. The van der Waals surface area contributed by atoms with Crippen molar-refractivity contribution in [3.63, 3.8) is 0 Å². The third-order valence-electron chi connectivity index (χ3n) is 6.23. The molecule has 0 amide bonds. The first-order valence-electron chi connectivity index (χ1n) is 10.5. The largest absolute Gasteiger partial charge is 0.295 e. The van der Waals surface area contributed by atoms with Crippen LogP contribution in [-0.4, -0.2) is 35.2 Å². The normalized spacial score (nSPS) is 24.3. The molecule has 0 spiro atoms. The predicted octanol–water partition coefficient (Wildman–Crippen LogP) is 5.01. The van der Waals surface area contributed by atoms with Crippen molar-refractivity contribution < 1.29 is 17.8 Å². The number of rotatable bonds is 5. The van der Waals surface area contributed by atoms with E-state index in [1.807, 2.05) is 12.1 Å². The Labute approximate surface area is 170 Å². The van der Waals surface area contributed by atoms with Crippen molar-refractivity contribution in [1.29, 1.82) is 0 Å². The first-order chi connectivity index (χ1) is 13.0. The van der Waals surface area contributed by atoms with E-state index < -0.39 is 10.1 Å². The fraction of sp³-hybridized carbons (Fsp3) is 0.727. The number of hydroxylamine groups is 2. The summed E-state index contributed by atoms with van der Waals surface area (Å²) < 4.78 is 31.6. The first-order valence-corrected chi connectivity index (χ1v) is 11.9. The molecule has 2 fully saturated rings. The van der Waals surface area contributed by atoms with Crippen LogP contribution in [0.15, 0.2) is 29.2 Å². The lowest BCUT2D eigenvalue weighted by Crippen LogP contribution is -2.61. The van der Waals surface area contributed by atoms with E-state index in [0.29, 0.717) is 12.0 Å². The lowest BCUT2D eigenvalue weighted by Gasteiger charge is -2.55. The van der Waals surface area contributed by atoms with Gasteiger partial charge < -0.3 is 0 Å². The van der Waals surface area contributed by atoms with Gasteiger partial charge in [0.2, 0.25) is 0 Å². The number of hydrogen-bond donors (Lipinski definition) is 1. The summed E-state index contributed by atoms with van der Waals surface area (Å²) >= 11 is 0. The summed E-state index contributed by atoms with van der Waals surface area (Å²) in [5, 5.41) is 2.27. The molecule has 1 N–H and O–H groups in total. The highest BCUT2D eigenvalue weighted by molar-refractivity contribution is 7.85. The molecule has 1 saturated heterocycles. The third-order valence-corrected chi connectivity index (χ3v) is 7.10. The molecule has 5 nitrogen and oxygen atoms in total. The Morgan fingerprint density at radius 2 is 1.54 bits per heavy atom. The maximum atomic E-state index is 11.2. The number of nitrogens with zero attached hydrogens (tertiary/aromatic N) is 1. The molecular weight excluding hydrogens is 374 g/mol. The van der Waals surface area contributed by atoms with Gasteiger partial charge in [0.05, 0.1) is 11.0 Å². The van der Waals surface area contributed by atoms with Crippen molar-refractivity contribution in [2.24, 2.45) is 5.92 Å². The zero-order chi connectivity index (χ0) is 20.6. The minimum atomic E-state index is -4.13. The summed E-state index contributed by atoms with van der Waals surface area (Å²) in [5.74, 6) is 0.493. The van der Waals surface area contributed by atoms with Crippen molar-refractivity contribution in [2.75, 3.05) is 0 Å². The number of hydrogen-bond acceptors (Lipinski definition) is 4. The molecule has 2 aliphatic rings. The molecule has 0 bridgehead atoms. The van der Waals surface area contributed by atoms with E-state index in [1.54, 1.807) is 0 Å². The van der Waals surface area contributed by atoms with Gasteiger partial charge in [-0.1, -0.05) is 31.4 Å². The van der Waals surface area contributed by atoms with Crippen LogP contribution >= 0.6 is 0 Å². The number of piperidine rings is 1. The van der Waals surface area contributed by atoms with Gasteiger partial charge >= 0.3 is 0 Å².